The molecule has 0 fully saturated rings. The lowest BCUT2D eigenvalue weighted by Crippen LogP contribution is -2.20. The molecule has 0 amide bonds. The van der Waals surface area contributed by atoms with E-state index in [1.54, 1.807) is 0 Å². The first-order chi connectivity index (χ1) is 7.17. The van der Waals surface area contributed by atoms with E-state index >= 15 is 0 Å². The summed E-state index contributed by atoms with van der Waals surface area (Å²) >= 11 is 0. The first-order valence-electron chi connectivity index (χ1n) is 5.09. The zero-order chi connectivity index (χ0) is 11.3. The van der Waals surface area contributed by atoms with E-state index in [9.17, 15) is 4.39 Å². The van der Waals surface area contributed by atoms with Crippen LogP contribution in [-0.2, 0) is 0 Å². The minimum Gasteiger partial charge on any atom is -0.397 e. The van der Waals surface area contributed by atoms with Crippen LogP contribution in [0.1, 0.15) is 19.8 Å². The van der Waals surface area contributed by atoms with Crippen molar-refractivity contribution in [3.05, 3.63) is 24.0 Å². The summed E-state index contributed by atoms with van der Waals surface area (Å²) in [6.07, 6.45) is 1.49. The van der Waals surface area contributed by atoms with Gasteiger partial charge in [-0.15, -0.1) is 0 Å². The summed E-state index contributed by atoms with van der Waals surface area (Å²) in [5.74, 6) is -0.314. The number of benzene rings is 1. The van der Waals surface area contributed by atoms with E-state index in [1.165, 1.54) is 18.2 Å². The predicted molar refractivity (Wildman–Crippen MR) is 60.2 cm³/mol. The molecule has 1 atom stereocenters. The fourth-order valence-corrected chi connectivity index (χ4v) is 1.41. The fourth-order valence-electron chi connectivity index (χ4n) is 1.41. The van der Waals surface area contributed by atoms with Gasteiger partial charge in [-0.25, -0.2) is 4.39 Å². The minimum absolute atomic E-state index is 0.112. The van der Waals surface area contributed by atoms with E-state index < -0.39 is 0 Å². The molecule has 0 aromatic heterocycles. The molecule has 0 radical (unpaired) electrons. The molecule has 1 aromatic carbocycles. The van der Waals surface area contributed by atoms with E-state index in [0.717, 1.165) is 6.42 Å². The molecule has 1 rings (SSSR count). The average molecular weight is 212 g/mol. The number of aliphatic hydroxyl groups excluding tert-OH is 1. The lowest BCUT2D eigenvalue weighted by Gasteiger charge is -2.18. The van der Waals surface area contributed by atoms with Gasteiger partial charge in [0.2, 0.25) is 0 Å². The Bertz CT molecular complexity index is 317. The number of hydrogen-bond acceptors (Lipinski definition) is 3. The van der Waals surface area contributed by atoms with Crippen LogP contribution in [0, 0.1) is 5.82 Å². The lowest BCUT2D eigenvalue weighted by molar-refractivity contribution is 0.278. The Morgan fingerprint density at radius 3 is 2.87 bits per heavy atom. The summed E-state index contributed by atoms with van der Waals surface area (Å²) in [6, 6.07) is 4.35. The van der Waals surface area contributed by atoms with E-state index in [4.69, 9.17) is 10.8 Å². The Kier molecular flexibility index (Phi) is 4.37. The van der Waals surface area contributed by atoms with Crippen LogP contribution in [0.25, 0.3) is 0 Å². The van der Waals surface area contributed by atoms with Gasteiger partial charge in [-0.1, -0.05) is 6.92 Å². The smallest absolute Gasteiger partial charge is 0.125 e. The summed E-state index contributed by atoms with van der Waals surface area (Å²) in [5, 5.41) is 11.9. The standard InChI is InChI=1S/C11H17FN2O/c1-2-9(5-6-15)14-11-7-8(12)3-4-10(11)13/h3-4,7,9,14-15H,2,5-6,13H2,1H3. The van der Waals surface area contributed by atoms with Crippen LogP contribution in [-0.4, -0.2) is 17.8 Å². The summed E-state index contributed by atoms with van der Waals surface area (Å²) in [7, 11) is 0. The van der Waals surface area contributed by atoms with Crippen molar-refractivity contribution in [3.63, 3.8) is 0 Å². The molecule has 1 aromatic rings. The Morgan fingerprint density at radius 2 is 2.27 bits per heavy atom. The van der Waals surface area contributed by atoms with E-state index in [1.807, 2.05) is 6.92 Å². The highest BCUT2D eigenvalue weighted by atomic mass is 19.1. The van der Waals surface area contributed by atoms with Crippen LogP contribution in [0.5, 0.6) is 0 Å². The molecule has 1 unspecified atom stereocenters. The van der Waals surface area contributed by atoms with Crippen LogP contribution in [0.2, 0.25) is 0 Å². The maximum atomic E-state index is 12.9. The molecular weight excluding hydrogens is 195 g/mol. The van der Waals surface area contributed by atoms with Gasteiger partial charge in [-0.05, 0) is 31.0 Å². The van der Waals surface area contributed by atoms with Gasteiger partial charge in [0.15, 0.2) is 0 Å². The number of rotatable bonds is 5. The monoisotopic (exact) mass is 212 g/mol. The summed E-state index contributed by atoms with van der Waals surface area (Å²) in [4.78, 5) is 0. The number of nitrogens with one attached hydrogen (secondary N) is 1. The number of hydrogen-bond donors (Lipinski definition) is 3. The van der Waals surface area contributed by atoms with Crippen molar-refractivity contribution in [2.24, 2.45) is 0 Å². The highest BCUT2D eigenvalue weighted by Crippen LogP contribution is 2.21. The number of halogens is 1. The minimum atomic E-state index is -0.314. The maximum Gasteiger partial charge on any atom is 0.125 e. The molecule has 84 valence electrons. The SMILES string of the molecule is CCC(CCO)Nc1cc(F)ccc1N. The van der Waals surface area contributed by atoms with Crippen molar-refractivity contribution in [1.29, 1.82) is 0 Å². The second kappa shape index (κ2) is 5.56. The van der Waals surface area contributed by atoms with Crippen molar-refractivity contribution in [2.75, 3.05) is 17.7 Å². The molecule has 0 aliphatic rings. The van der Waals surface area contributed by atoms with Gasteiger partial charge in [0.05, 0.1) is 11.4 Å². The molecule has 4 N–H and O–H groups in total. The van der Waals surface area contributed by atoms with Crippen LogP contribution < -0.4 is 11.1 Å². The number of aliphatic hydroxyl groups is 1. The first-order valence-corrected chi connectivity index (χ1v) is 5.09. The number of nitrogen functional groups attached to an aromatic ring is 1. The van der Waals surface area contributed by atoms with Crippen LogP contribution in [0.15, 0.2) is 18.2 Å². The Labute approximate surface area is 89.1 Å². The Hall–Kier alpha value is -1.29. The van der Waals surface area contributed by atoms with Gasteiger partial charge < -0.3 is 16.2 Å². The zero-order valence-electron chi connectivity index (χ0n) is 8.83. The van der Waals surface area contributed by atoms with Gasteiger partial charge >= 0.3 is 0 Å². The molecule has 0 saturated heterocycles. The van der Waals surface area contributed by atoms with E-state index in [-0.39, 0.29) is 18.5 Å². The third-order valence-corrected chi connectivity index (χ3v) is 2.35. The maximum absolute atomic E-state index is 12.9. The molecule has 15 heavy (non-hydrogen) atoms. The van der Waals surface area contributed by atoms with Crippen molar-refractivity contribution < 1.29 is 9.50 Å². The van der Waals surface area contributed by atoms with E-state index in [2.05, 4.69) is 5.32 Å². The molecule has 3 nitrogen and oxygen atoms in total. The second-order valence-corrected chi connectivity index (χ2v) is 3.49. The van der Waals surface area contributed by atoms with Gasteiger partial charge in [-0.2, -0.15) is 0 Å². The second-order valence-electron chi connectivity index (χ2n) is 3.49. The number of anilines is 2. The number of nitrogens with two attached hydrogens (primary N) is 1. The van der Waals surface area contributed by atoms with Crippen molar-refractivity contribution in [3.8, 4) is 0 Å². The van der Waals surface area contributed by atoms with Gasteiger partial charge in [-0.3, -0.25) is 0 Å². The molecule has 0 spiro atoms. The summed E-state index contributed by atoms with van der Waals surface area (Å²) < 4.78 is 12.9. The van der Waals surface area contributed by atoms with Crippen molar-refractivity contribution >= 4 is 11.4 Å². The van der Waals surface area contributed by atoms with Crippen molar-refractivity contribution in [1.82, 2.24) is 0 Å². The topological polar surface area (TPSA) is 58.3 Å². The molecule has 0 heterocycles. The third kappa shape index (κ3) is 3.40. The van der Waals surface area contributed by atoms with E-state index in [0.29, 0.717) is 17.8 Å². The average Bonchev–Trinajstić information content (AvgIpc) is 2.22. The summed E-state index contributed by atoms with van der Waals surface area (Å²) in [6.45, 7) is 2.11. The predicted octanol–water partition coefficient (Wildman–Crippen LogP) is 1.98. The first kappa shape index (κ1) is 11.8. The molecule has 0 aliphatic heterocycles. The molecule has 4 heteroatoms. The third-order valence-electron chi connectivity index (χ3n) is 2.35. The largest absolute Gasteiger partial charge is 0.397 e. The van der Waals surface area contributed by atoms with Gasteiger partial charge in [0.1, 0.15) is 5.82 Å². The van der Waals surface area contributed by atoms with Crippen LogP contribution >= 0.6 is 0 Å². The molecule has 0 saturated carbocycles. The molecule has 0 bridgehead atoms. The van der Waals surface area contributed by atoms with Gasteiger partial charge in [0, 0.05) is 12.6 Å². The highest BCUT2D eigenvalue weighted by Gasteiger charge is 2.07. The summed E-state index contributed by atoms with van der Waals surface area (Å²) in [5.41, 5.74) is 6.81. The Morgan fingerprint density at radius 1 is 1.53 bits per heavy atom. The van der Waals surface area contributed by atoms with Crippen molar-refractivity contribution in [2.45, 2.75) is 25.8 Å². The quantitative estimate of drug-likeness (QED) is 0.654. The molecule has 0 aliphatic carbocycles. The lowest BCUT2D eigenvalue weighted by atomic mass is 10.1. The van der Waals surface area contributed by atoms with Crippen LogP contribution in [0.4, 0.5) is 15.8 Å². The molecular formula is C11H17FN2O. The normalized spacial score (nSPS) is 12.5. The highest BCUT2D eigenvalue weighted by molar-refractivity contribution is 5.66. The fraction of sp³-hybridized carbons (Fsp3) is 0.455. The van der Waals surface area contributed by atoms with Gasteiger partial charge in [0.25, 0.3) is 0 Å². The van der Waals surface area contributed by atoms with Crippen LogP contribution in [0.3, 0.4) is 0 Å². The zero-order valence-corrected chi connectivity index (χ0v) is 8.83. The Balaban J connectivity index is 2.73.